The van der Waals surface area contributed by atoms with Gasteiger partial charge in [0, 0.05) is 29.1 Å². The predicted octanol–water partition coefficient (Wildman–Crippen LogP) is 4.02. The molecule has 4 heteroatoms. The number of aromatic amines is 1. The van der Waals surface area contributed by atoms with E-state index in [4.69, 9.17) is 0 Å². The molecule has 3 nitrogen and oxygen atoms in total. The van der Waals surface area contributed by atoms with E-state index < -0.39 is 0 Å². The quantitative estimate of drug-likeness (QED) is 0.774. The molecule has 21 heavy (non-hydrogen) atoms. The topological polar surface area (TPSA) is 31.9 Å². The van der Waals surface area contributed by atoms with Gasteiger partial charge in [-0.25, -0.2) is 0 Å². The maximum Gasteiger partial charge on any atom is 0.0670 e. The summed E-state index contributed by atoms with van der Waals surface area (Å²) in [4.78, 5) is 2.46. The van der Waals surface area contributed by atoms with Crippen molar-refractivity contribution in [3.63, 3.8) is 0 Å². The van der Waals surface area contributed by atoms with Crippen molar-refractivity contribution >= 4 is 28.4 Å². The summed E-state index contributed by atoms with van der Waals surface area (Å²) in [5.41, 5.74) is 3.72. The highest BCUT2D eigenvalue weighted by atomic mass is 32.2. The second-order valence-electron chi connectivity index (χ2n) is 5.22. The van der Waals surface area contributed by atoms with Crippen LogP contribution in [0, 0.1) is 5.75 Å². The molecule has 1 atom stereocenters. The Labute approximate surface area is 128 Å². The zero-order chi connectivity index (χ0) is 14.1. The molecule has 105 valence electrons. The Hall–Kier alpha value is -1.94. The lowest BCUT2D eigenvalue weighted by Gasteiger charge is -2.37. The number of thioether (sulfide) groups is 1. The average Bonchev–Trinajstić information content (AvgIpc) is 3.03. The van der Waals surface area contributed by atoms with Gasteiger partial charge < -0.3 is 4.90 Å². The third-order valence-corrected chi connectivity index (χ3v) is 4.85. The van der Waals surface area contributed by atoms with Gasteiger partial charge in [0.25, 0.3) is 0 Å². The number of hydrogen-bond donors (Lipinski definition) is 1. The first kappa shape index (κ1) is 12.8. The van der Waals surface area contributed by atoms with Crippen LogP contribution < -0.4 is 4.90 Å². The van der Waals surface area contributed by atoms with E-state index in [1.165, 1.54) is 11.3 Å². The molecule has 0 amide bonds. The molecule has 3 aromatic rings. The van der Waals surface area contributed by atoms with Gasteiger partial charge in [-0.2, -0.15) is 16.9 Å². The molecule has 0 bridgehead atoms. The number of benzene rings is 2. The summed E-state index contributed by atoms with van der Waals surface area (Å²) in [5, 5.41) is 8.33. The Bertz CT molecular complexity index is 738. The lowest BCUT2D eigenvalue weighted by atomic mass is 10.1. The van der Waals surface area contributed by atoms with Crippen molar-refractivity contribution in [2.45, 2.75) is 6.04 Å². The minimum absolute atomic E-state index is 0.418. The molecule has 2 aromatic carbocycles. The van der Waals surface area contributed by atoms with Crippen LogP contribution >= 0.6 is 11.8 Å². The SMILES string of the molecule is [CH]1CN(c2ccc3cn[nH]c3c2)C(c2ccccc2)CS1. The van der Waals surface area contributed by atoms with Crippen molar-refractivity contribution in [3.8, 4) is 0 Å². The van der Waals surface area contributed by atoms with Crippen LogP contribution in [-0.2, 0) is 0 Å². The van der Waals surface area contributed by atoms with Crippen molar-refractivity contribution < 1.29 is 0 Å². The van der Waals surface area contributed by atoms with E-state index in [2.05, 4.69) is 69.4 Å². The molecule has 2 heterocycles. The van der Waals surface area contributed by atoms with Gasteiger partial charge in [0.1, 0.15) is 0 Å². The Morgan fingerprint density at radius 1 is 1.14 bits per heavy atom. The fourth-order valence-electron chi connectivity index (χ4n) is 2.85. The standard InChI is InChI=1S/C17H16N3S/c1-2-4-13(5-3-1)17-12-21-9-8-20(17)15-7-6-14-11-18-19-16(14)10-15/h1-7,9-11,17H,8,12H2,(H,18,19). The molecular weight excluding hydrogens is 278 g/mol. The van der Waals surface area contributed by atoms with Crippen LogP contribution in [0.15, 0.2) is 54.7 Å². The molecule has 0 spiro atoms. The molecule has 0 aliphatic carbocycles. The first-order chi connectivity index (χ1) is 10.4. The normalized spacial score (nSPS) is 19.0. The van der Waals surface area contributed by atoms with Gasteiger partial charge in [0.2, 0.25) is 0 Å². The van der Waals surface area contributed by atoms with Gasteiger partial charge >= 0.3 is 0 Å². The third-order valence-electron chi connectivity index (χ3n) is 3.96. The van der Waals surface area contributed by atoms with Crippen molar-refractivity contribution in [2.24, 2.45) is 0 Å². The van der Waals surface area contributed by atoms with E-state index in [9.17, 15) is 0 Å². The van der Waals surface area contributed by atoms with Crippen LogP contribution in [0.2, 0.25) is 0 Å². The number of rotatable bonds is 2. The number of hydrogen-bond acceptors (Lipinski definition) is 3. The van der Waals surface area contributed by atoms with Gasteiger partial charge in [-0.15, -0.1) is 0 Å². The van der Waals surface area contributed by atoms with E-state index in [0.717, 1.165) is 23.2 Å². The number of nitrogens with zero attached hydrogens (tertiary/aromatic N) is 2. The molecule has 1 N–H and O–H groups in total. The predicted molar refractivity (Wildman–Crippen MR) is 89.4 cm³/mol. The molecule has 1 radical (unpaired) electrons. The summed E-state index contributed by atoms with van der Waals surface area (Å²) < 4.78 is 0. The van der Waals surface area contributed by atoms with Crippen LogP contribution in [0.4, 0.5) is 5.69 Å². The number of fused-ring (bicyclic) bond motifs is 1. The molecule has 1 aliphatic heterocycles. The molecule has 1 aliphatic rings. The second-order valence-corrected chi connectivity index (χ2v) is 6.22. The maximum atomic E-state index is 4.11. The lowest BCUT2D eigenvalue weighted by molar-refractivity contribution is 0.703. The fraction of sp³-hybridized carbons (Fsp3) is 0.176. The summed E-state index contributed by atoms with van der Waals surface area (Å²) >= 11 is 1.91. The summed E-state index contributed by atoms with van der Waals surface area (Å²) in [6.07, 6.45) is 1.87. The highest BCUT2D eigenvalue weighted by Crippen LogP contribution is 2.36. The summed E-state index contributed by atoms with van der Waals surface area (Å²) in [7, 11) is 0. The zero-order valence-electron chi connectivity index (χ0n) is 11.6. The van der Waals surface area contributed by atoms with E-state index in [1.54, 1.807) is 0 Å². The monoisotopic (exact) mass is 294 g/mol. The Morgan fingerprint density at radius 3 is 2.95 bits per heavy atom. The minimum atomic E-state index is 0.418. The van der Waals surface area contributed by atoms with Gasteiger partial charge in [-0.05, 0) is 23.8 Å². The largest absolute Gasteiger partial charge is 0.362 e. The van der Waals surface area contributed by atoms with Crippen LogP contribution in [0.5, 0.6) is 0 Å². The molecule has 1 saturated heterocycles. The highest BCUT2D eigenvalue weighted by Gasteiger charge is 2.24. The first-order valence-electron chi connectivity index (χ1n) is 7.10. The molecule has 4 rings (SSSR count). The third kappa shape index (κ3) is 2.40. The smallest absolute Gasteiger partial charge is 0.0670 e. The summed E-state index contributed by atoms with van der Waals surface area (Å²) in [5.74, 6) is 3.38. The Kier molecular flexibility index (Phi) is 3.31. The van der Waals surface area contributed by atoms with Crippen LogP contribution in [0.3, 0.4) is 0 Å². The summed E-state index contributed by atoms with van der Waals surface area (Å²) in [6, 6.07) is 17.7. The van der Waals surface area contributed by atoms with Crippen molar-refractivity contribution in [2.75, 3.05) is 17.2 Å². The maximum absolute atomic E-state index is 4.11. The van der Waals surface area contributed by atoms with Crippen LogP contribution in [0.1, 0.15) is 11.6 Å². The Morgan fingerprint density at radius 2 is 2.05 bits per heavy atom. The van der Waals surface area contributed by atoms with Crippen molar-refractivity contribution in [3.05, 3.63) is 66.0 Å². The van der Waals surface area contributed by atoms with Gasteiger partial charge in [-0.1, -0.05) is 30.3 Å². The minimum Gasteiger partial charge on any atom is -0.362 e. The highest BCUT2D eigenvalue weighted by molar-refractivity contribution is 8.01. The molecule has 1 fully saturated rings. The van der Waals surface area contributed by atoms with Gasteiger partial charge in [0.05, 0.1) is 17.8 Å². The second kappa shape index (κ2) is 5.45. The van der Waals surface area contributed by atoms with E-state index in [-0.39, 0.29) is 0 Å². The van der Waals surface area contributed by atoms with E-state index in [0.29, 0.717) is 6.04 Å². The molecule has 1 aromatic heterocycles. The van der Waals surface area contributed by atoms with Gasteiger partial charge in [-0.3, -0.25) is 5.10 Å². The first-order valence-corrected chi connectivity index (χ1v) is 8.15. The van der Waals surface area contributed by atoms with E-state index in [1.807, 2.05) is 18.0 Å². The van der Waals surface area contributed by atoms with Crippen molar-refractivity contribution in [1.82, 2.24) is 10.2 Å². The number of aromatic nitrogens is 2. The Balaban J connectivity index is 1.73. The number of nitrogens with one attached hydrogen (secondary N) is 1. The molecule has 1 unspecified atom stereocenters. The van der Waals surface area contributed by atoms with Crippen LogP contribution in [-0.4, -0.2) is 22.5 Å². The average molecular weight is 294 g/mol. The number of H-pyrrole nitrogens is 1. The molecule has 0 saturated carbocycles. The summed E-state index contributed by atoms with van der Waals surface area (Å²) in [6.45, 7) is 0.962. The van der Waals surface area contributed by atoms with E-state index >= 15 is 0 Å². The van der Waals surface area contributed by atoms with Gasteiger partial charge in [0.15, 0.2) is 0 Å². The fourth-order valence-corrected chi connectivity index (χ4v) is 3.81. The zero-order valence-corrected chi connectivity index (χ0v) is 12.4. The lowest BCUT2D eigenvalue weighted by Crippen LogP contribution is -2.34. The van der Waals surface area contributed by atoms with Crippen molar-refractivity contribution in [1.29, 1.82) is 0 Å². The van der Waals surface area contributed by atoms with Crippen LogP contribution in [0.25, 0.3) is 10.9 Å². The molecular formula is C17H16N3S. The number of anilines is 1.